The van der Waals surface area contributed by atoms with Crippen molar-refractivity contribution in [2.75, 3.05) is 25.5 Å². The summed E-state index contributed by atoms with van der Waals surface area (Å²) in [6.07, 6.45) is 2.87. The van der Waals surface area contributed by atoms with Crippen LogP contribution in [0, 0.1) is 5.92 Å². The number of piperidine rings is 1. The molecule has 4 N–H and O–H groups in total. The average Bonchev–Trinajstić information content (AvgIpc) is 2.75. The topological polar surface area (TPSA) is 82.6 Å². The van der Waals surface area contributed by atoms with Crippen molar-refractivity contribution in [3.05, 3.63) is 53.1 Å². The molecule has 1 heterocycles. The van der Waals surface area contributed by atoms with Crippen LogP contribution in [0.5, 0.6) is 11.5 Å². The van der Waals surface area contributed by atoms with Gasteiger partial charge in [-0.05, 0) is 55.3 Å². The van der Waals surface area contributed by atoms with Gasteiger partial charge in [0.05, 0.1) is 12.8 Å². The highest BCUT2D eigenvalue weighted by Crippen LogP contribution is 2.44. The van der Waals surface area contributed by atoms with Gasteiger partial charge in [-0.25, -0.2) is 4.79 Å². The number of aromatic hydroxyl groups is 1. The fraction of sp³-hybridized carbons (Fsp3) is 0.480. The number of carbonyl (C=O) groups is 1. The second kappa shape index (κ2) is 11.4. The number of hydrogen-bond acceptors (Lipinski definition) is 4. The Morgan fingerprint density at radius 2 is 1.84 bits per heavy atom. The summed E-state index contributed by atoms with van der Waals surface area (Å²) < 4.78 is 5.73. The number of carbonyl (C=O) groups excluding carboxylic acids is 1. The smallest absolute Gasteiger partial charge is 0.319 e. The molecule has 3 rings (SSSR count). The Kier molecular flexibility index (Phi) is 9.22. The van der Waals surface area contributed by atoms with Crippen LogP contribution in [-0.4, -0.2) is 31.3 Å². The lowest BCUT2D eigenvalue weighted by molar-refractivity contribution is 0.251. The van der Waals surface area contributed by atoms with E-state index in [1.54, 1.807) is 7.11 Å². The third-order valence-electron chi connectivity index (χ3n) is 5.88. The molecule has 0 aromatic heterocycles. The van der Waals surface area contributed by atoms with Crippen LogP contribution >= 0.6 is 12.4 Å². The summed E-state index contributed by atoms with van der Waals surface area (Å²) in [5.41, 5.74) is 2.76. The normalized spacial score (nSPS) is 14.4. The molecule has 0 saturated carbocycles. The highest BCUT2D eigenvalue weighted by molar-refractivity contribution is 5.93. The molecule has 32 heavy (non-hydrogen) atoms. The lowest BCUT2D eigenvalue weighted by Crippen LogP contribution is -2.30. The molecule has 176 valence electrons. The van der Waals surface area contributed by atoms with Gasteiger partial charge in [0.2, 0.25) is 0 Å². The van der Waals surface area contributed by atoms with E-state index in [1.807, 2.05) is 57.2 Å². The van der Waals surface area contributed by atoms with Crippen molar-refractivity contribution < 1.29 is 14.6 Å². The molecule has 1 aliphatic heterocycles. The Hall–Kier alpha value is -2.44. The number of methoxy groups -OCH3 is 1. The van der Waals surface area contributed by atoms with Gasteiger partial charge in [0, 0.05) is 17.7 Å². The predicted molar refractivity (Wildman–Crippen MR) is 132 cm³/mol. The van der Waals surface area contributed by atoms with Crippen LogP contribution < -0.4 is 20.7 Å². The van der Waals surface area contributed by atoms with Gasteiger partial charge < -0.3 is 25.8 Å². The average molecular weight is 462 g/mol. The molecule has 0 radical (unpaired) electrons. The van der Waals surface area contributed by atoms with Crippen LogP contribution in [0.15, 0.2) is 36.4 Å². The summed E-state index contributed by atoms with van der Waals surface area (Å²) >= 11 is 0. The molecular weight excluding hydrogens is 426 g/mol. The lowest BCUT2D eigenvalue weighted by atomic mass is 9.83. The molecule has 1 saturated heterocycles. The monoisotopic (exact) mass is 461 g/mol. The maximum atomic E-state index is 12.8. The van der Waals surface area contributed by atoms with Crippen LogP contribution in [0.25, 0.3) is 0 Å². The molecule has 2 amide bonds. The van der Waals surface area contributed by atoms with Crippen LogP contribution in [-0.2, 0) is 18.4 Å². The van der Waals surface area contributed by atoms with Gasteiger partial charge >= 0.3 is 6.03 Å². The van der Waals surface area contributed by atoms with Gasteiger partial charge in [-0.1, -0.05) is 51.1 Å². The Bertz CT molecular complexity index is 892. The molecule has 0 spiro atoms. The van der Waals surface area contributed by atoms with Crippen LogP contribution in [0.2, 0.25) is 0 Å². The minimum atomic E-state index is -0.348. The summed E-state index contributed by atoms with van der Waals surface area (Å²) in [4.78, 5) is 12.8. The van der Waals surface area contributed by atoms with E-state index in [-0.39, 0.29) is 29.6 Å². The number of benzene rings is 2. The van der Waals surface area contributed by atoms with Gasteiger partial charge in [0.25, 0.3) is 0 Å². The summed E-state index contributed by atoms with van der Waals surface area (Å²) in [6, 6.07) is 11.3. The van der Waals surface area contributed by atoms with E-state index in [1.165, 1.54) is 0 Å². The van der Waals surface area contributed by atoms with E-state index in [0.717, 1.165) is 49.0 Å². The highest BCUT2D eigenvalue weighted by Gasteiger charge is 2.28. The summed E-state index contributed by atoms with van der Waals surface area (Å²) in [5, 5.41) is 20.4. The molecule has 0 aliphatic carbocycles. The van der Waals surface area contributed by atoms with Gasteiger partial charge in [-0.3, -0.25) is 0 Å². The van der Waals surface area contributed by atoms with Crippen molar-refractivity contribution in [1.82, 2.24) is 10.6 Å². The third-order valence-corrected chi connectivity index (χ3v) is 5.88. The highest BCUT2D eigenvalue weighted by atomic mass is 35.5. The predicted octanol–water partition coefficient (Wildman–Crippen LogP) is 4.98. The minimum absolute atomic E-state index is 0. The van der Waals surface area contributed by atoms with Gasteiger partial charge in [-0.15, -0.1) is 12.4 Å². The third kappa shape index (κ3) is 6.53. The molecule has 0 atom stereocenters. The van der Waals surface area contributed by atoms with E-state index >= 15 is 0 Å². The molecule has 1 aliphatic rings. The molecule has 0 unspecified atom stereocenters. The van der Waals surface area contributed by atoms with Gasteiger partial charge in [0.1, 0.15) is 11.5 Å². The van der Waals surface area contributed by atoms with E-state index < -0.39 is 0 Å². The fourth-order valence-electron chi connectivity index (χ4n) is 4.09. The second-order valence-corrected chi connectivity index (χ2v) is 9.27. The summed E-state index contributed by atoms with van der Waals surface area (Å²) in [5.74, 6) is 1.30. The molecular formula is C25H36ClN3O3. The van der Waals surface area contributed by atoms with Crippen molar-refractivity contribution in [3.63, 3.8) is 0 Å². The maximum absolute atomic E-state index is 12.8. The molecule has 7 heteroatoms. The lowest BCUT2D eigenvalue weighted by Gasteiger charge is -2.28. The summed E-state index contributed by atoms with van der Waals surface area (Å²) in [7, 11) is 1.64. The Morgan fingerprint density at radius 3 is 2.44 bits per heavy atom. The first kappa shape index (κ1) is 25.8. The summed E-state index contributed by atoms with van der Waals surface area (Å²) in [6.45, 7) is 8.49. The van der Waals surface area contributed by atoms with Crippen molar-refractivity contribution in [2.24, 2.45) is 5.92 Å². The number of ether oxygens (including phenoxy) is 1. The number of amides is 2. The first-order valence-corrected chi connectivity index (χ1v) is 11.0. The number of phenolic OH excluding ortho intramolecular Hbond substituents is 1. The molecule has 1 fully saturated rings. The van der Waals surface area contributed by atoms with Crippen molar-refractivity contribution >= 4 is 24.1 Å². The van der Waals surface area contributed by atoms with Crippen LogP contribution in [0.4, 0.5) is 10.5 Å². The van der Waals surface area contributed by atoms with Crippen molar-refractivity contribution in [2.45, 2.75) is 52.0 Å². The molecule has 6 nitrogen and oxygen atoms in total. The first-order chi connectivity index (χ1) is 14.8. The van der Waals surface area contributed by atoms with E-state index in [9.17, 15) is 9.90 Å². The van der Waals surface area contributed by atoms with E-state index in [4.69, 9.17) is 4.74 Å². The Labute approximate surface area is 197 Å². The Morgan fingerprint density at radius 1 is 1.19 bits per heavy atom. The fourth-order valence-corrected chi connectivity index (χ4v) is 4.09. The number of halogens is 1. The minimum Gasteiger partial charge on any atom is -0.505 e. The number of urea groups is 1. The molecule has 2 aromatic carbocycles. The van der Waals surface area contributed by atoms with Crippen molar-refractivity contribution in [3.8, 4) is 11.5 Å². The standard InChI is InChI=1S/C25H35N3O3.ClH/c1-25(2,3)20-15-21(31-4)19(14-17-10-12-26-13-11-17)22(23(20)29)28-24(30)27-16-18-8-6-5-7-9-18;/h5-9,15,17,26,29H,10-14,16H2,1-4H3,(H2,27,28,30);1H. The Balaban J connectivity index is 0.00000363. The zero-order valence-electron chi connectivity index (χ0n) is 19.5. The van der Waals surface area contributed by atoms with E-state index in [2.05, 4.69) is 16.0 Å². The second-order valence-electron chi connectivity index (χ2n) is 9.27. The molecule has 0 bridgehead atoms. The quantitative estimate of drug-likeness (QED) is 0.457. The maximum Gasteiger partial charge on any atom is 0.319 e. The van der Waals surface area contributed by atoms with E-state index in [0.29, 0.717) is 23.9 Å². The number of nitrogens with one attached hydrogen (secondary N) is 3. The number of phenols is 1. The van der Waals surface area contributed by atoms with Crippen molar-refractivity contribution in [1.29, 1.82) is 0 Å². The SMILES string of the molecule is COc1cc(C(C)(C)C)c(O)c(NC(=O)NCc2ccccc2)c1CC1CCNCC1.Cl. The number of anilines is 1. The van der Waals surface area contributed by atoms with Crippen LogP contribution in [0.3, 0.4) is 0 Å². The zero-order valence-corrected chi connectivity index (χ0v) is 20.3. The first-order valence-electron chi connectivity index (χ1n) is 11.0. The largest absolute Gasteiger partial charge is 0.505 e. The molecule has 2 aromatic rings. The zero-order chi connectivity index (χ0) is 22.4. The number of rotatable bonds is 6. The number of hydrogen-bond donors (Lipinski definition) is 4. The van der Waals surface area contributed by atoms with Gasteiger partial charge in [-0.2, -0.15) is 0 Å². The van der Waals surface area contributed by atoms with Crippen LogP contribution in [0.1, 0.15) is 50.3 Å². The van der Waals surface area contributed by atoms with Gasteiger partial charge in [0.15, 0.2) is 0 Å².